The zero-order valence-corrected chi connectivity index (χ0v) is 18.5. The molecule has 2 aromatic heterocycles. The van der Waals surface area contributed by atoms with Gasteiger partial charge in [-0.1, -0.05) is 0 Å². The monoisotopic (exact) mass is 447 g/mol. The Morgan fingerprint density at radius 1 is 1.16 bits per heavy atom. The predicted octanol–water partition coefficient (Wildman–Crippen LogP) is 1.64. The lowest BCUT2D eigenvalue weighted by Gasteiger charge is -2.31. The number of fused-ring (bicyclic) bond motifs is 1. The van der Waals surface area contributed by atoms with Crippen LogP contribution in [0.25, 0.3) is 11.0 Å². The number of anilines is 1. The molecule has 0 spiro atoms. The fourth-order valence-electron chi connectivity index (χ4n) is 4.96. The maximum Gasteiger partial charge on any atom is 0.252 e. The second-order valence-electron chi connectivity index (χ2n) is 9.34. The van der Waals surface area contributed by atoms with Gasteiger partial charge in [0.25, 0.3) is 5.56 Å². The van der Waals surface area contributed by atoms with Crippen LogP contribution in [0.2, 0.25) is 0 Å². The summed E-state index contributed by atoms with van der Waals surface area (Å²) in [7, 11) is -3.13. The summed E-state index contributed by atoms with van der Waals surface area (Å²) >= 11 is 0. The molecule has 2 aliphatic carbocycles. The molecule has 31 heavy (non-hydrogen) atoms. The third kappa shape index (κ3) is 3.85. The Kier molecular flexibility index (Phi) is 5.06. The van der Waals surface area contributed by atoms with Gasteiger partial charge in [-0.25, -0.2) is 17.7 Å². The molecule has 0 bridgehead atoms. The Morgan fingerprint density at radius 3 is 2.55 bits per heavy atom. The van der Waals surface area contributed by atoms with E-state index in [9.17, 15) is 18.3 Å². The Balaban J connectivity index is 1.37. The number of rotatable bonds is 5. The van der Waals surface area contributed by atoms with Crippen LogP contribution >= 0.6 is 0 Å². The highest BCUT2D eigenvalue weighted by molar-refractivity contribution is 7.90. The maximum absolute atomic E-state index is 12.7. The summed E-state index contributed by atoms with van der Waals surface area (Å²) in [6, 6.07) is 2.97. The summed E-state index contributed by atoms with van der Waals surface area (Å²) in [5.41, 5.74) is -0.606. The van der Waals surface area contributed by atoms with Gasteiger partial charge in [-0.2, -0.15) is 4.98 Å². The van der Waals surface area contributed by atoms with Gasteiger partial charge in [-0.15, -0.1) is 0 Å². The molecule has 3 fully saturated rings. The third-order valence-electron chi connectivity index (χ3n) is 6.95. The van der Waals surface area contributed by atoms with Crippen molar-refractivity contribution in [2.75, 3.05) is 18.4 Å². The second-order valence-corrected chi connectivity index (χ2v) is 11.6. The van der Waals surface area contributed by atoms with Gasteiger partial charge in [0.2, 0.25) is 16.0 Å². The van der Waals surface area contributed by atoms with E-state index in [1.54, 1.807) is 28.1 Å². The Morgan fingerprint density at radius 2 is 1.90 bits per heavy atom. The lowest BCUT2D eigenvalue weighted by atomic mass is 10.00. The number of hydrogen-bond donors (Lipinski definition) is 2. The van der Waals surface area contributed by atoms with Crippen molar-refractivity contribution in [2.45, 2.75) is 74.8 Å². The van der Waals surface area contributed by atoms with Crippen LogP contribution in [0.4, 0.5) is 5.95 Å². The second kappa shape index (κ2) is 7.53. The molecule has 3 aliphatic rings. The average Bonchev–Trinajstić information content (AvgIpc) is 3.53. The minimum atomic E-state index is -3.13. The van der Waals surface area contributed by atoms with Crippen molar-refractivity contribution in [3.05, 3.63) is 28.7 Å². The fourth-order valence-corrected chi connectivity index (χ4v) is 6.83. The van der Waals surface area contributed by atoms with Crippen molar-refractivity contribution >= 4 is 27.0 Å². The van der Waals surface area contributed by atoms with Gasteiger partial charge >= 0.3 is 0 Å². The van der Waals surface area contributed by atoms with Gasteiger partial charge in [0.15, 0.2) is 0 Å². The van der Waals surface area contributed by atoms with Crippen LogP contribution in [0.5, 0.6) is 0 Å². The lowest BCUT2D eigenvalue weighted by Crippen LogP contribution is -2.43. The van der Waals surface area contributed by atoms with E-state index in [2.05, 4.69) is 15.3 Å². The van der Waals surface area contributed by atoms with Crippen LogP contribution in [0.1, 0.15) is 57.9 Å². The summed E-state index contributed by atoms with van der Waals surface area (Å²) in [5.74, 6) is 0.424. The van der Waals surface area contributed by atoms with Crippen LogP contribution in [0, 0.1) is 0 Å². The standard InChI is InChI=1S/C21H29N5O4S/c1-21(28)10-2-3-17(21)26-18(27)7-4-14-13-22-20(24-19(14)26)23-15-8-11-25(12-9-15)31(29,30)16-5-6-16/h4,7,13,15-17,28H,2-3,5-6,8-12H2,1H3,(H,22,23,24)/t17-,21-/m1/s1. The van der Waals surface area contributed by atoms with Crippen molar-refractivity contribution in [2.24, 2.45) is 0 Å². The van der Waals surface area contributed by atoms with Crippen molar-refractivity contribution in [1.29, 1.82) is 0 Å². The highest BCUT2D eigenvalue weighted by Gasteiger charge is 2.41. The van der Waals surface area contributed by atoms with Gasteiger partial charge < -0.3 is 10.4 Å². The van der Waals surface area contributed by atoms with E-state index in [0.29, 0.717) is 43.9 Å². The minimum Gasteiger partial charge on any atom is -0.388 e. The van der Waals surface area contributed by atoms with E-state index in [1.165, 1.54) is 6.07 Å². The molecule has 0 unspecified atom stereocenters. The van der Waals surface area contributed by atoms with Crippen molar-refractivity contribution < 1.29 is 13.5 Å². The molecule has 1 aliphatic heterocycles. The van der Waals surface area contributed by atoms with E-state index in [-0.39, 0.29) is 22.9 Å². The molecule has 2 saturated carbocycles. The number of nitrogens with zero attached hydrogens (tertiary/aromatic N) is 4. The molecule has 2 atom stereocenters. The lowest BCUT2D eigenvalue weighted by molar-refractivity contribution is 0.0267. The Labute approximate surface area is 181 Å². The van der Waals surface area contributed by atoms with E-state index < -0.39 is 15.6 Å². The number of aromatic nitrogens is 3. The number of sulfonamides is 1. The molecular weight excluding hydrogens is 418 g/mol. The van der Waals surface area contributed by atoms with Crippen molar-refractivity contribution in [1.82, 2.24) is 18.8 Å². The Bertz CT molecular complexity index is 1150. The van der Waals surface area contributed by atoms with E-state index >= 15 is 0 Å². The largest absolute Gasteiger partial charge is 0.388 e. The van der Waals surface area contributed by atoms with Crippen molar-refractivity contribution in [3.63, 3.8) is 0 Å². The maximum atomic E-state index is 12.7. The van der Waals surface area contributed by atoms with E-state index in [1.807, 2.05) is 0 Å². The van der Waals surface area contributed by atoms with Crippen LogP contribution in [-0.2, 0) is 10.0 Å². The first-order chi connectivity index (χ1) is 14.8. The highest BCUT2D eigenvalue weighted by atomic mass is 32.2. The molecular formula is C21H29N5O4S. The normalized spacial score (nSPS) is 28.3. The summed E-state index contributed by atoms with van der Waals surface area (Å²) in [4.78, 5) is 21.8. The summed E-state index contributed by atoms with van der Waals surface area (Å²) in [6.07, 6.45) is 6.86. The van der Waals surface area contributed by atoms with Crippen LogP contribution < -0.4 is 10.9 Å². The molecule has 3 heterocycles. The number of aliphatic hydroxyl groups is 1. The molecule has 0 aromatic carbocycles. The Hall–Kier alpha value is -2.04. The molecule has 2 aromatic rings. The molecule has 5 rings (SSSR count). The molecule has 1 saturated heterocycles. The molecule has 0 radical (unpaired) electrons. The smallest absolute Gasteiger partial charge is 0.252 e. The quantitative estimate of drug-likeness (QED) is 0.715. The minimum absolute atomic E-state index is 0.0709. The first kappa shape index (κ1) is 20.8. The average molecular weight is 448 g/mol. The zero-order chi connectivity index (χ0) is 21.8. The molecule has 0 amide bonds. The molecule has 9 nitrogen and oxygen atoms in total. The first-order valence-corrected chi connectivity index (χ1v) is 12.6. The molecule has 168 valence electrons. The van der Waals surface area contributed by atoms with Crippen LogP contribution in [0.3, 0.4) is 0 Å². The van der Waals surface area contributed by atoms with Crippen LogP contribution in [0.15, 0.2) is 23.1 Å². The van der Waals surface area contributed by atoms with Gasteiger partial charge in [0.1, 0.15) is 5.65 Å². The molecule has 10 heteroatoms. The number of piperidine rings is 1. The topological polar surface area (TPSA) is 117 Å². The third-order valence-corrected chi connectivity index (χ3v) is 9.35. The number of pyridine rings is 1. The van der Waals surface area contributed by atoms with Gasteiger partial charge in [0.05, 0.1) is 16.9 Å². The molecule has 2 N–H and O–H groups in total. The van der Waals surface area contributed by atoms with E-state index in [0.717, 1.165) is 31.1 Å². The van der Waals surface area contributed by atoms with Gasteiger partial charge in [-0.05, 0) is 57.9 Å². The number of hydrogen-bond acceptors (Lipinski definition) is 7. The first-order valence-electron chi connectivity index (χ1n) is 11.1. The van der Waals surface area contributed by atoms with Crippen molar-refractivity contribution in [3.8, 4) is 0 Å². The predicted molar refractivity (Wildman–Crippen MR) is 117 cm³/mol. The van der Waals surface area contributed by atoms with Gasteiger partial charge in [-0.3, -0.25) is 9.36 Å². The fraction of sp³-hybridized carbons (Fsp3) is 0.667. The summed E-state index contributed by atoms with van der Waals surface area (Å²) in [5, 5.41) is 14.7. The summed E-state index contributed by atoms with van der Waals surface area (Å²) < 4.78 is 28.1. The SMILES string of the molecule is C[C@@]1(O)CCC[C@H]1n1c(=O)ccc2cnc(NC3CCN(S(=O)(=O)C4CC4)CC3)nc21. The number of nitrogens with one attached hydrogen (secondary N) is 1. The highest BCUT2D eigenvalue weighted by Crippen LogP contribution is 2.39. The van der Waals surface area contributed by atoms with E-state index in [4.69, 9.17) is 0 Å². The van der Waals surface area contributed by atoms with Crippen LogP contribution in [-0.4, -0.2) is 62.3 Å². The zero-order valence-electron chi connectivity index (χ0n) is 17.7. The summed E-state index contributed by atoms with van der Waals surface area (Å²) in [6.45, 7) is 2.78. The van der Waals surface area contributed by atoms with Gasteiger partial charge in [0, 0.05) is 36.8 Å².